The van der Waals surface area contributed by atoms with Gasteiger partial charge in [0.1, 0.15) is 17.3 Å². The second-order valence-electron chi connectivity index (χ2n) is 3.85. The summed E-state index contributed by atoms with van der Waals surface area (Å²) >= 11 is 0. The molecule has 0 spiro atoms. The van der Waals surface area contributed by atoms with Crippen molar-refractivity contribution in [2.24, 2.45) is 0 Å². The van der Waals surface area contributed by atoms with Crippen molar-refractivity contribution in [3.8, 4) is 0 Å². The smallest absolute Gasteiger partial charge is 0.108 e. The zero-order valence-corrected chi connectivity index (χ0v) is 11.8. The Balaban J connectivity index is 0.00000144. The molecule has 0 aromatic carbocycles. The summed E-state index contributed by atoms with van der Waals surface area (Å²) in [5.41, 5.74) is 0. The van der Waals surface area contributed by atoms with Crippen LogP contribution in [0.4, 0.5) is 0 Å². The number of hydrogen-bond donors (Lipinski definition) is 0. The molecule has 0 aromatic rings. The van der Waals surface area contributed by atoms with Gasteiger partial charge in [-0.25, -0.2) is 0 Å². The van der Waals surface area contributed by atoms with Gasteiger partial charge in [-0.15, -0.1) is 0 Å². The van der Waals surface area contributed by atoms with Crippen LogP contribution in [-0.4, -0.2) is 17.3 Å². The Morgan fingerprint density at radius 3 is 2.15 bits per heavy atom. The van der Waals surface area contributed by atoms with Crippen molar-refractivity contribution in [1.82, 2.24) is 0 Å². The normalized spacial score (nSPS) is 17.3. The first-order valence-electron chi connectivity index (χ1n) is 5.57. The van der Waals surface area contributed by atoms with Gasteiger partial charge in [-0.2, -0.15) is 0 Å². The van der Waals surface area contributed by atoms with E-state index >= 15 is 0 Å². The average molecular weight is 314 g/mol. The Bertz CT molecular complexity index is 100. The fraction of sp³-hybridized carbons (Fsp3) is 1.00. The zero-order valence-electron chi connectivity index (χ0n) is 8.86. The molecule has 80 valence electrons. The van der Waals surface area contributed by atoms with E-state index in [2.05, 4.69) is 6.92 Å². The Labute approximate surface area is 104 Å². The predicted molar refractivity (Wildman–Crippen MR) is 60.0 cm³/mol. The highest BCUT2D eigenvalue weighted by Crippen LogP contribution is 2.15. The lowest BCUT2D eigenvalue weighted by molar-refractivity contribution is -0.00000266. The molecule has 0 aliphatic carbocycles. The summed E-state index contributed by atoms with van der Waals surface area (Å²) in [6, 6.07) is 0. The second-order valence-corrected chi connectivity index (χ2v) is 6.30. The molecule has 0 unspecified atom stereocenters. The zero-order chi connectivity index (χ0) is 8.65. The van der Waals surface area contributed by atoms with Crippen LogP contribution in [0.15, 0.2) is 0 Å². The molecule has 0 amide bonds. The van der Waals surface area contributed by atoms with Crippen LogP contribution in [0, 0.1) is 0 Å². The fourth-order valence-corrected chi connectivity index (χ4v) is 4.28. The van der Waals surface area contributed by atoms with Gasteiger partial charge in [0, 0.05) is 0 Å². The van der Waals surface area contributed by atoms with E-state index in [1.807, 2.05) is 0 Å². The third-order valence-corrected chi connectivity index (χ3v) is 5.25. The summed E-state index contributed by atoms with van der Waals surface area (Å²) in [6.45, 7) is 2.29. The SMILES string of the molecule is CCCCCCC[S+]1CCCC1.[I-]. The van der Waals surface area contributed by atoms with Gasteiger partial charge in [0.2, 0.25) is 0 Å². The first kappa shape index (κ1) is 14.1. The van der Waals surface area contributed by atoms with E-state index in [1.165, 1.54) is 44.9 Å². The molecular weight excluding hydrogens is 291 g/mol. The Morgan fingerprint density at radius 2 is 1.54 bits per heavy atom. The van der Waals surface area contributed by atoms with Gasteiger partial charge in [-0.05, 0) is 36.6 Å². The van der Waals surface area contributed by atoms with Crippen molar-refractivity contribution in [2.45, 2.75) is 51.9 Å². The van der Waals surface area contributed by atoms with Crippen LogP contribution in [0.25, 0.3) is 0 Å². The maximum absolute atomic E-state index is 2.29. The Morgan fingerprint density at radius 1 is 0.923 bits per heavy atom. The first-order chi connectivity index (χ1) is 5.93. The van der Waals surface area contributed by atoms with Crippen LogP contribution < -0.4 is 24.0 Å². The van der Waals surface area contributed by atoms with Crippen LogP contribution in [0.5, 0.6) is 0 Å². The van der Waals surface area contributed by atoms with Crippen molar-refractivity contribution >= 4 is 10.9 Å². The van der Waals surface area contributed by atoms with Gasteiger partial charge < -0.3 is 24.0 Å². The van der Waals surface area contributed by atoms with E-state index in [0.29, 0.717) is 0 Å². The minimum Gasteiger partial charge on any atom is -1.00 e. The van der Waals surface area contributed by atoms with Crippen molar-refractivity contribution in [3.05, 3.63) is 0 Å². The van der Waals surface area contributed by atoms with E-state index in [0.717, 1.165) is 10.9 Å². The molecule has 0 radical (unpaired) electrons. The molecule has 1 fully saturated rings. The maximum Gasteiger partial charge on any atom is 0.108 e. The molecule has 0 atom stereocenters. The summed E-state index contributed by atoms with van der Waals surface area (Å²) < 4.78 is 0. The van der Waals surface area contributed by atoms with Crippen molar-refractivity contribution in [3.63, 3.8) is 0 Å². The average Bonchev–Trinajstić information content (AvgIpc) is 2.57. The molecular formula is C11H23IS. The summed E-state index contributed by atoms with van der Waals surface area (Å²) in [5.74, 6) is 4.69. The second kappa shape index (κ2) is 9.63. The quantitative estimate of drug-likeness (QED) is 0.378. The molecule has 0 bridgehead atoms. The van der Waals surface area contributed by atoms with E-state index in [9.17, 15) is 0 Å². The first-order valence-corrected chi connectivity index (χ1v) is 7.31. The summed E-state index contributed by atoms with van der Waals surface area (Å²) in [7, 11) is 0.867. The highest BCUT2D eigenvalue weighted by Gasteiger charge is 2.22. The Kier molecular flexibility index (Phi) is 10.4. The molecule has 0 nitrogen and oxygen atoms in total. The lowest BCUT2D eigenvalue weighted by Gasteiger charge is -2.00. The molecule has 1 saturated heterocycles. The van der Waals surface area contributed by atoms with Gasteiger partial charge in [0.05, 0.1) is 0 Å². The Hall–Kier alpha value is 1.08. The number of halogens is 1. The number of rotatable bonds is 6. The van der Waals surface area contributed by atoms with Gasteiger partial charge in [-0.1, -0.05) is 26.2 Å². The van der Waals surface area contributed by atoms with E-state index < -0.39 is 0 Å². The molecule has 1 aliphatic rings. The summed E-state index contributed by atoms with van der Waals surface area (Å²) in [4.78, 5) is 0. The molecule has 1 rings (SSSR count). The van der Waals surface area contributed by atoms with Gasteiger partial charge in [0.15, 0.2) is 0 Å². The van der Waals surface area contributed by atoms with Crippen LogP contribution in [-0.2, 0) is 10.9 Å². The molecule has 0 saturated carbocycles. The van der Waals surface area contributed by atoms with E-state index in [-0.39, 0.29) is 24.0 Å². The lowest BCUT2D eigenvalue weighted by atomic mass is 10.2. The molecule has 2 heteroatoms. The standard InChI is InChI=1S/C11H23S.HI/c1-2-3-4-5-6-9-12-10-7-8-11-12;/h2-11H2,1H3;1H/q+1;/p-1. The number of unbranched alkanes of at least 4 members (excludes halogenated alkanes) is 4. The molecule has 1 aliphatic heterocycles. The van der Waals surface area contributed by atoms with E-state index in [4.69, 9.17) is 0 Å². The minimum atomic E-state index is 0. The van der Waals surface area contributed by atoms with Crippen molar-refractivity contribution < 1.29 is 24.0 Å². The van der Waals surface area contributed by atoms with Gasteiger partial charge in [-0.3, -0.25) is 0 Å². The molecule has 13 heavy (non-hydrogen) atoms. The third kappa shape index (κ3) is 7.06. The van der Waals surface area contributed by atoms with Crippen LogP contribution >= 0.6 is 0 Å². The van der Waals surface area contributed by atoms with E-state index in [1.54, 1.807) is 17.3 Å². The van der Waals surface area contributed by atoms with Gasteiger partial charge >= 0.3 is 0 Å². The van der Waals surface area contributed by atoms with Crippen LogP contribution in [0.3, 0.4) is 0 Å². The fourth-order valence-electron chi connectivity index (χ4n) is 1.83. The predicted octanol–water partition coefficient (Wildman–Crippen LogP) is 0.373. The van der Waals surface area contributed by atoms with Crippen molar-refractivity contribution in [1.29, 1.82) is 0 Å². The minimum absolute atomic E-state index is 0. The topological polar surface area (TPSA) is 0 Å². The number of hydrogen-bond acceptors (Lipinski definition) is 0. The monoisotopic (exact) mass is 314 g/mol. The van der Waals surface area contributed by atoms with Crippen LogP contribution in [0.1, 0.15) is 51.9 Å². The highest BCUT2D eigenvalue weighted by molar-refractivity contribution is 7.97. The lowest BCUT2D eigenvalue weighted by Crippen LogP contribution is -3.00. The largest absolute Gasteiger partial charge is 1.00 e. The maximum atomic E-state index is 2.29. The summed E-state index contributed by atoms with van der Waals surface area (Å²) in [5, 5.41) is 0. The summed E-state index contributed by atoms with van der Waals surface area (Å²) in [6.07, 6.45) is 10.4. The molecule has 0 N–H and O–H groups in total. The highest BCUT2D eigenvalue weighted by atomic mass is 127. The van der Waals surface area contributed by atoms with Crippen molar-refractivity contribution in [2.75, 3.05) is 17.3 Å². The van der Waals surface area contributed by atoms with Crippen LogP contribution in [0.2, 0.25) is 0 Å². The molecule has 1 heterocycles. The van der Waals surface area contributed by atoms with Gasteiger partial charge in [0.25, 0.3) is 0 Å². The third-order valence-electron chi connectivity index (χ3n) is 2.65. The molecule has 0 aromatic heterocycles.